The van der Waals surface area contributed by atoms with E-state index in [9.17, 15) is 9.59 Å². The summed E-state index contributed by atoms with van der Waals surface area (Å²) in [4.78, 5) is 25.5. The van der Waals surface area contributed by atoms with Gasteiger partial charge in [0, 0.05) is 0 Å². The molecule has 59 heavy (non-hydrogen) atoms. The molecule has 2 fully saturated rings. The van der Waals surface area contributed by atoms with Gasteiger partial charge in [0.25, 0.3) is 0 Å². The summed E-state index contributed by atoms with van der Waals surface area (Å²) in [6.45, 7) is 9.16. The Hall–Kier alpha value is -1.33. The van der Waals surface area contributed by atoms with Crippen LogP contribution >= 0.6 is 90.4 Å². The molecule has 0 aromatic heterocycles. The van der Waals surface area contributed by atoms with Gasteiger partial charge < -0.3 is 28.4 Å². The van der Waals surface area contributed by atoms with Crippen molar-refractivity contribution in [2.24, 2.45) is 11.8 Å². The van der Waals surface area contributed by atoms with E-state index in [0.29, 0.717) is 24.7 Å². The van der Waals surface area contributed by atoms with E-state index in [2.05, 4.69) is 142 Å². The van der Waals surface area contributed by atoms with Crippen LogP contribution in [-0.2, 0) is 32.3 Å². The standard InChI is InChI=1S/C46H50I5O8/c1-29(2)45(17-5-6-18-45)58-41(52)27-56-43-37(47)21-31(22-38(43)48)25-54-35-13-9-33(10-14-35)51-34-11-15-36(16-12-34)55-26-32-23-39(49)44(40(50)24-32)57-28-42(53)59-46(30(3)4)19-7-8-20-46/h9-16,21-24,29-30H,5-8,17-20,25-28H2,1-4H3/q+1. The van der Waals surface area contributed by atoms with Crippen molar-refractivity contribution in [1.29, 1.82) is 0 Å². The maximum atomic E-state index is 12.7. The summed E-state index contributed by atoms with van der Waals surface area (Å²) in [6.07, 6.45) is 8.09. The van der Waals surface area contributed by atoms with Crippen molar-refractivity contribution in [3.8, 4) is 23.0 Å². The SMILES string of the molecule is CC(C)C1(OC(=O)COc2c(I)cc(COc3ccc([I+]c4ccc(OCc5cc(I)c(OCC(=O)OC6(C(C)C)CCCC6)c(I)c5)cc4)cc3)cc2I)CCCC1. The highest BCUT2D eigenvalue weighted by Gasteiger charge is 2.41. The summed E-state index contributed by atoms with van der Waals surface area (Å²) in [5.41, 5.74) is 1.34. The number of rotatable bonds is 18. The highest BCUT2D eigenvalue weighted by Crippen LogP contribution is 2.41. The molecule has 0 amide bonds. The summed E-state index contributed by atoms with van der Waals surface area (Å²) < 4.78 is 42.5. The molecule has 0 aliphatic heterocycles. The number of carbonyl (C=O) groups excluding carboxylic acids is 2. The van der Waals surface area contributed by atoms with Crippen LogP contribution in [0.15, 0.2) is 72.8 Å². The molecule has 8 nitrogen and oxygen atoms in total. The summed E-state index contributed by atoms with van der Waals surface area (Å²) in [5.74, 6) is 2.97. The number of halogens is 5. The van der Waals surface area contributed by atoms with Crippen LogP contribution in [0.1, 0.15) is 90.2 Å². The summed E-state index contributed by atoms with van der Waals surface area (Å²) in [6, 6.07) is 24.8. The number of hydrogen-bond acceptors (Lipinski definition) is 8. The average Bonchev–Trinajstić information content (AvgIpc) is 3.88. The topological polar surface area (TPSA) is 89.5 Å². The molecule has 4 aromatic rings. The maximum Gasteiger partial charge on any atom is 0.357 e. The van der Waals surface area contributed by atoms with E-state index in [0.717, 1.165) is 88.3 Å². The van der Waals surface area contributed by atoms with Gasteiger partial charge in [-0.15, -0.1) is 0 Å². The van der Waals surface area contributed by atoms with E-state index in [4.69, 9.17) is 28.4 Å². The van der Waals surface area contributed by atoms with Crippen molar-refractivity contribution in [2.45, 2.75) is 103 Å². The van der Waals surface area contributed by atoms with Crippen molar-refractivity contribution in [3.63, 3.8) is 0 Å². The van der Waals surface area contributed by atoms with E-state index in [1.54, 1.807) is 0 Å². The fourth-order valence-electron chi connectivity index (χ4n) is 7.63. The van der Waals surface area contributed by atoms with Crippen LogP contribution < -0.4 is 40.2 Å². The van der Waals surface area contributed by atoms with Crippen LogP contribution in [0.25, 0.3) is 0 Å². The second-order valence-electron chi connectivity index (χ2n) is 15.7. The predicted molar refractivity (Wildman–Crippen MR) is 258 cm³/mol. The maximum absolute atomic E-state index is 12.7. The Morgan fingerprint density at radius 1 is 0.542 bits per heavy atom. The molecule has 0 N–H and O–H groups in total. The fraction of sp³-hybridized carbons (Fsp3) is 0.435. The molecule has 0 heterocycles. The smallest absolute Gasteiger partial charge is 0.357 e. The lowest BCUT2D eigenvalue weighted by Gasteiger charge is -2.33. The van der Waals surface area contributed by atoms with E-state index in [1.165, 1.54) is 7.14 Å². The molecule has 0 atom stereocenters. The molecule has 2 aliphatic carbocycles. The molecule has 0 spiro atoms. The summed E-state index contributed by atoms with van der Waals surface area (Å²) in [5, 5.41) is 0. The van der Waals surface area contributed by atoms with Crippen LogP contribution in [0.4, 0.5) is 0 Å². The van der Waals surface area contributed by atoms with E-state index >= 15 is 0 Å². The van der Waals surface area contributed by atoms with Gasteiger partial charge in [0.1, 0.15) is 47.4 Å². The monoisotopic (exact) mass is 1360 g/mol. The normalized spacial score (nSPS) is 15.6. The van der Waals surface area contributed by atoms with E-state index in [1.807, 2.05) is 48.5 Å². The summed E-state index contributed by atoms with van der Waals surface area (Å²) >= 11 is 8.64. The van der Waals surface area contributed by atoms with Gasteiger partial charge in [0.2, 0.25) is 0 Å². The van der Waals surface area contributed by atoms with E-state index in [-0.39, 0.29) is 69.4 Å². The van der Waals surface area contributed by atoms with Gasteiger partial charge in [0.05, 0.1) is 14.3 Å². The van der Waals surface area contributed by atoms with Gasteiger partial charge >= 0.3 is 33.1 Å². The Kier molecular flexibility index (Phi) is 17.5. The zero-order valence-electron chi connectivity index (χ0n) is 33.7. The molecule has 2 aliphatic rings. The Morgan fingerprint density at radius 3 is 1.17 bits per heavy atom. The molecule has 13 heteroatoms. The molecule has 316 valence electrons. The van der Waals surface area contributed by atoms with Crippen molar-refractivity contribution in [1.82, 2.24) is 0 Å². The fourth-order valence-corrected chi connectivity index (χ4v) is 14.2. The van der Waals surface area contributed by atoms with Gasteiger partial charge in [0.15, 0.2) is 20.4 Å². The first-order chi connectivity index (χ1) is 28.2. The van der Waals surface area contributed by atoms with Gasteiger partial charge in [-0.2, -0.15) is 0 Å². The quantitative estimate of drug-likeness (QED) is 0.0721. The third kappa shape index (κ3) is 12.9. The highest BCUT2D eigenvalue weighted by molar-refractivity contribution is 14.1. The number of carbonyl (C=O) groups is 2. The molecule has 6 rings (SSSR count). The van der Waals surface area contributed by atoms with Gasteiger partial charge in [-0.3, -0.25) is 0 Å². The molecule has 0 bridgehead atoms. The zero-order chi connectivity index (χ0) is 42.2. The zero-order valence-corrected chi connectivity index (χ0v) is 44.5. The minimum atomic E-state index is -0.379. The third-order valence-electron chi connectivity index (χ3n) is 11.1. The number of esters is 2. The first kappa shape index (κ1) is 47.2. The molecule has 0 radical (unpaired) electrons. The Bertz CT molecular complexity index is 1860. The lowest BCUT2D eigenvalue weighted by molar-refractivity contribution is -0.597. The van der Waals surface area contributed by atoms with Crippen LogP contribution in [-0.4, -0.2) is 36.4 Å². The Labute approximate surface area is 413 Å². The third-order valence-corrected chi connectivity index (χ3v) is 17.0. The van der Waals surface area contributed by atoms with Crippen molar-refractivity contribution in [2.75, 3.05) is 13.2 Å². The molecule has 0 unspecified atom stereocenters. The number of benzene rings is 4. The lowest BCUT2D eigenvalue weighted by Crippen LogP contribution is -3.61. The molecule has 4 aromatic carbocycles. The number of ether oxygens (including phenoxy) is 6. The van der Waals surface area contributed by atoms with Crippen LogP contribution in [0.3, 0.4) is 0 Å². The first-order valence-electron chi connectivity index (χ1n) is 20.0. The van der Waals surface area contributed by atoms with Gasteiger partial charge in [-0.25, -0.2) is 9.59 Å². The van der Waals surface area contributed by atoms with Crippen molar-refractivity contribution < 1.29 is 59.2 Å². The highest BCUT2D eigenvalue weighted by atomic mass is 127. The molecule has 0 saturated heterocycles. The first-order valence-corrected chi connectivity index (χ1v) is 26.5. The molecule has 2 saturated carbocycles. The van der Waals surface area contributed by atoms with Crippen LogP contribution in [0.5, 0.6) is 23.0 Å². The minimum Gasteiger partial charge on any atom is -0.489 e. The second kappa shape index (κ2) is 21.8. The average molecular weight is 1370 g/mol. The van der Waals surface area contributed by atoms with E-state index < -0.39 is 0 Å². The van der Waals surface area contributed by atoms with Crippen molar-refractivity contribution >= 4 is 102 Å². The predicted octanol–water partition coefficient (Wildman–Crippen LogP) is 9.17. The van der Waals surface area contributed by atoms with Crippen molar-refractivity contribution in [3.05, 3.63) is 105 Å². The second-order valence-corrected chi connectivity index (χ2v) is 23.4. The van der Waals surface area contributed by atoms with Gasteiger partial charge in [-0.05, 0) is 237 Å². The number of hydrogen-bond donors (Lipinski definition) is 0. The Morgan fingerprint density at radius 2 is 0.864 bits per heavy atom. The molecular formula is C46H50I5O8+. The van der Waals surface area contributed by atoms with Crippen LogP contribution in [0.2, 0.25) is 0 Å². The molecular weight excluding hydrogens is 1320 g/mol. The van der Waals surface area contributed by atoms with Gasteiger partial charge in [-0.1, -0.05) is 27.7 Å². The lowest BCUT2D eigenvalue weighted by atomic mass is 9.88. The summed E-state index contributed by atoms with van der Waals surface area (Å²) in [7, 11) is 0. The van der Waals surface area contributed by atoms with Crippen LogP contribution in [0, 0.1) is 33.3 Å². The largest absolute Gasteiger partial charge is 0.489 e. The Balaban J connectivity index is 0.934. The minimum absolute atomic E-state index is 0.101.